The predicted molar refractivity (Wildman–Crippen MR) is 70.6 cm³/mol. The van der Waals surface area contributed by atoms with Crippen LogP contribution in [0.4, 0.5) is 0 Å². The van der Waals surface area contributed by atoms with Crippen LogP contribution in [-0.2, 0) is 20.9 Å². The van der Waals surface area contributed by atoms with E-state index in [-0.39, 0.29) is 17.8 Å². The molecule has 1 aliphatic heterocycles. The number of hydrogen-bond acceptors (Lipinski definition) is 5. The molecular weight excluding hydrogens is 260 g/mol. The van der Waals surface area contributed by atoms with Crippen LogP contribution in [0.1, 0.15) is 26.2 Å². The molecule has 0 radical (unpaired) electrons. The zero-order valence-electron chi connectivity index (χ0n) is 11.7. The number of piperidine rings is 1. The fourth-order valence-corrected chi connectivity index (χ4v) is 2.34. The first-order valence-electron chi connectivity index (χ1n) is 6.97. The summed E-state index contributed by atoms with van der Waals surface area (Å²) in [5.74, 6) is -0.0978. The molecule has 0 unspecified atom stereocenters. The van der Waals surface area contributed by atoms with Gasteiger partial charge in [-0.1, -0.05) is 0 Å². The number of carbonyl (C=O) groups excluding carboxylic acids is 2. The summed E-state index contributed by atoms with van der Waals surface area (Å²) in [6.45, 7) is 4.01. The number of likely N-dealkylation sites (tertiary alicyclic amines) is 1. The summed E-state index contributed by atoms with van der Waals surface area (Å²) in [6, 6.07) is 0. The zero-order chi connectivity index (χ0) is 14.4. The molecule has 0 N–H and O–H groups in total. The van der Waals surface area contributed by atoms with Gasteiger partial charge in [-0.05, 0) is 19.8 Å². The van der Waals surface area contributed by atoms with E-state index in [2.05, 4.69) is 10.1 Å². The van der Waals surface area contributed by atoms with Crippen molar-refractivity contribution in [3.8, 4) is 0 Å². The number of amides is 1. The smallest absolute Gasteiger partial charge is 0.309 e. The Morgan fingerprint density at radius 1 is 1.35 bits per heavy atom. The monoisotopic (exact) mass is 280 g/mol. The van der Waals surface area contributed by atoms with Crippen LogP contribution < -0.4 is 0 Å². The van der Waals surface area contributed by atoms with Gasteiger partial charge in [0.2, 0.25) is 5.91 Å². The van der Waals surface area contributed by atoms with Gasteiger partial charge >= 0.3 is 5.97 Å². The van der Waals surface area contributed by atoms with E-state index >= 15 is 0 Å². The van der Waals surface area contributed by atoms with Gasteiger partial charge in [-0.25, -0.2) is 4.98 Å². The third kappa shape index (κ3) is 3.79. The second-order valence-electron chi connectivity index (χ2n) is 4.82. The molecule has 0 atom stereocenters. The molecule has 0 spiro atoms. The van der Waals surface area contributed by atoms with E-state index < -0.39 is 0 Å². The number of carbonyl (C=O) groups is 2. The molecule has 20 heavy (non-hydrogen) atoms. The molecular formula is C13H20N4O3. The van der Waals surface area contributed by atoms with Crippen molar-refractivity contribution in [1.29, 1.82) is 0 Å². The normalized spacial score (nSPS) is 16.1. The van der Waals surface area contributed by atoms with Crippen molar-refractivity contribution in [2.75, 3.05) is 19.7 Å². The Labute approximate surface area is 117 Å². The van der Waals surface area contributed by atoms with Crippen LogP contribution in [-0.4, -0.2) is 51.2 Å². The van der Waals surface area contributed by atoms with Crippen LogP contribution in [0.3, 0.4) is 0 Å². The maximum absolute atomic E-state index is 12.0. The molecule has 0 aliphatic carbocycles. The molecule has 0 saturated carbocycles. The van der Waals surface area contributed by atoms with Gasteiger partial charge in [0.05, 0.1) is 19.1 Å². The Bertz CT molecular complexity index is 438. The van der Waals surface area contributed by atoms with Crippen molar-refractivity contribution in [3.63, 3.8) is 0 Å². The topological polar surface area (TPSA) is 77.3 Å². The number of nitrogens with zero attached hydrogens (tertiary/aromatic N) is 4. The van der Waals surface area contributed by atoms with Gasteiger partial charge in [0, 0.05) is 19.5 Å². The molecule has 1 aliphatic rings. The largest absolute Gasteiger partial charge is 0.466 e. The Morgan fingerprint density at radius 3 is 2.70 bits per heavy atom. The van der Waals surface area contributed by atoms with E-state index in [0.29, 0.717) is 45.5 Å². The predicted octanol–water partition coefficient (Wildman–Crippen LogP) is 0.470. The van der Waals surface area contributed by atoms with Crippen molar-refractivity contribution in [2.24, 2.45) is 5.92 Å². The van der Waals surface area contributed by atoms with Gasteiger partial charge in [0.15, 0.2) is 0 Å². The molecule has 2 heterocycles. The fourth-order valence-electron chi connectivity index (χ4n) is 2.34. The molecule has 110 valence electrons. The van der Waals surface area contributed by atoms with Gasteiger partial charge < -0.3 is 9.64 Å². The van der Waals surface area contributed by atoms with E-state index in [1.807, 2.05) is 4.90 Å². The first-order chi connectivity index (χ1) is 9.70. The number of ether oxygens (including phenoxy) is 1. The maximum atomic E-state index is 12.0. The molecule has 1 aromatic heterocycles. The molecule has 1 fully saturated rings. The van der Waals surface area contributed by atoms with E-state index in [0.717, 1.165) is 0 Å². The van der Waals surface area contributed by atoms with Crippen LogP contribution in [0, 0.1) is 5.92 Å². The van der Waals surface area contributed by atoms with E-state index in [4.69, 9.17) is 4.74 Å². The van der Waals surface area contributed by atoms with Gasteiger partial charge in [0.25, 0.3) is 0 Å². The standard InChI is InChI=1S/C13H20N4O3/c1-2-20-13(19)11-3-6-16(7-4-11)12(18)5-8-17-10-14-9-15-17/h9-11H,2-8H2,1H3. The van der Waals surface area contributed by atoms with Crippen molar-refractivity contribution in [3.05, 3.63) is 12.7 Å². The summed E-state index contributed by atoms with van der Waals surface area (Å²) in [6.07, 6.45) is 4.84. The van der Waals surface area contributed by atoms with Crippen molar-refractivity contribution in [1.82, 2.24) is 19.7 Å². The van der Waals surface area contributed by atoms with E-state index in [9.17, 15) is 9.59 Å². The highest BCUT2D eigenvalue weighted by molar-refractivity contribution is 5.77. The number of rotatable bonds is 5. The minimum Gasteiger partial charge on any atom is -0.466 e. The van der Waals surface area contributed by atoms with Crippen LogP contribution in [0.15, 0.2) is 12.7 Å². The Morgan fingerprint density at radius 2 is 2.10 bits per heavy atom. The molecule has 2 rings (SSSR count). The van der Waals surface area contributed by atoms with Crippen LogP contribution in [0.25, 0.3) is 0 Å². The van der Waals surface area contributed by atoms with Crippen molar-refractivity contribution >= 4 is 11.9 Å². The molecule has 0 bridgehead atoms. The Hall–Kier alpha value is -1.92. The molecule has 7 heteroatoms. The highest BCUT2D eigenvalue weighted by Gasteiger charge is 2.27. The lowest BCUT2D eigenvalue weighted by molar-refractivity contribution is -0.151. The first kappa shape index (κ1) is 14.5. The fraction of sp³-hybridized carbons (Fsp3) is 0.692. The lowest BCUT2D eigenvalue weighted by Gasteiger charge is -2.30. The highest BCUT2D eigenvalue weighted by atomic mass is 16.5. The SMILES string of the molecule is CCOC(=O)C1CCN(C(=O)CCn2cncn2)CC1. The van der Waals surface area contributed by atoms with Gasteiger partial charge in [-0.15, -0.1) is 0 Å². The third-order valence-electron chi connectivity index (χ3n) is 3.49. The summed E-state index contributed by atoms with van der Waals surface area (Å²) in [7, 11) is 0. The van der Waals surface area contributed by atoms with Crippen LogP contribution >= 0.6 is 0 Å². The Balaban J connectivity index is 1.73. The summed E-state index contributed by atoms with van der Waals surface area (Å²) in [5, 5.41) is 3.96. The first-order valence-corrected chi connectivity index (χ1v) is 6.97. The minimum absolute atomic E-state index is 0.0608. The number of esters is 1. The van der Waals surface area contributed by atoms with Gasteiger partial charge in [-0.2, -0.15) is 5.10 Å². The highest BCUT2D eigenvalue weighted by Crippen LogP contribution is 2.19. The van der Waals surface area contributed by atoms with Crippen LogP contribution in [0.5, 0.6) is 0 Å². The summed E-state index contributed by atoms with van der Waals surface area (Å²) < 4.78 is 6.65. The van der Waals surface area contributed by atoms with E-state index in [1.165, 1.54) is 6.33 Å². The second kappa shape index (κ2) is 7.02. The minimum atomic E-state index is -0.137. The Kier molecular flexibility index (Phi) is 5.09. The van der Waals surface area contributed by atoms with Crippen LogP contribution in [0.2, 0.25) is 0 Å². The van der Waals surface area contributed by atoms with E-state index in [1.54, 1.807) is 17.9 Å². The molecule has 1 saturated heterocycles. The average molecular weight is 280 g/mol. The molecule has 1 amide bonds. The lowest BCUT2D eigenvalue weighted by atomic mass is 9.97. The van der Waals surface area contributed by atoms with Crippen molar-refractivity contribution < 1.29 is 14.3 Å². The molecule has 1 aromatic rings. The quantitative estimate of drug-likeness (QED) is 0.733. The summed E-state index contributed by atoms with van der Waals surface area (Å²) >= 11 is 0. The summed E-state index contributed by atoms with van der Waals surface area (Å²) in [5.41, 5.74) is 0. The average Bonchev–Trinajstić information content (AvgIpc) is 2.98. The van der Waals surface area contributed by atoms with Crippen molar-refractivity contribution in [2.45, 2.75) is 32.7 Å². The zero-order valence-corrected chi connectivity index (χ0v) is 11.7. The van der Waals surface area contributed by atoms with Gasteiger partial charge in [0.1, 0.15) is 12.7 Å². The lowest BCUT2D eigenvalue weighted by Crippen LogP contribution is -2.40. The van der Waals surface area contributed by atoms with Gasteiger partial charge in [-0.3, -0.25) is 14.3 Å². The molecule has 7 nitrogen and oxygen atoms in total. The summed E-state index contributed by atoms with van der Waals surface area (Å²) in [4.78, 5) is 29.3. The number of aryl methyl sites for hydroxylation is 1. The third-order valence-corrected chi connectivity index (χ3v) is 3.49. The number of hydrogen-bond donors (Lipinski definition) is 0. The maximum Gasteiger partial charge on any atom is 0.309 e. The molecule has 0 aromatic carbocycles. The number of aromatic nitrogens is 3. The second-order valence-corrected chi connectivity index (χ2v) is 4.82.